The molecule has 0 bridgehead atoms. The SMILES string of the molecule is CC(C)C[C@H](NC(=O)[C@@H](N)CCNC(=O)OCC1c2ccccc2-c2ccccc21)C(N)=O. The Hall–Kier alpha value is -3.39. The standard InChI is InChI=1S/C25H32N4O4/c1-15(2)13-22(23(27)30)29-24(31)21(26)11-12-28-25(32)33-14-20-18-9-5-3-7-16(18)17-8-4-6-10-19(17)20/h3-10,15,20-22H,11-14,26H2,1-2H3,(H2,27,30)(H,28,32)(H,29,31)/t21-,22-/m0/s1. The fraction of sp³-hybridized carbons (Fsp3) is 0.400. The first kappa shape index (κ1) is 24.3. The Morgan fingerprint density at radius 1 is 1.00 bits per heavy atom. The number of alkyl carbamates (subject to hydrolysis) is 1. The van der Waals surface area contributed by atoms with Crippen molar-refractivity contribution in [2.45, 2.75) is 44.7 Å². The summed E-state index contributed by atoms with van der Waals surface area (Å²) in [4.78, 5) is 36.0. The molecule has 2 atom stereocenters. The number of nitrogens with one attached hydrogen (secondary N) is 2. The van der Waals surface area contributed by atoms with E-state index in [0.717, 1.165) is 22.3 Å². The molecular formula is C25H32N4O4. The minimum Gasteiger partial charge on any atom is -0.449 e. The zero-order chi connectivity index (χ0) is 24.0. The van der Waals surface area contributed by atoms with Crippen molar-refractivity contribution in [3.05, 3.63) is 59.7 Å². The average Bonchev–Trinajstić information content (AvgIpc) is 3.10. The van der Waals surface area contributed by atoms with Crippen LogP contribution in [0.2, 0.25) is 0 Å². The molecule has 2 aromatic rings. The Labute approximate surface area is 194 Å². The molecule has 1 aliphatic carbocycles. The Morgan fingerprint density at radius 2 is 1.58 bits per heavy atom. The van der Waals surface area contributed by atoms with Crippen molar-refractivity contribution in [2.24, 2.45) is 17.4 Å². The van der Waals surface area contributed by atoms with Gasteiger partial charge in [0.15, 0.2) is 0 Å². The highest BCUT2D eigenvalue weighted by Gasteiger charge is 2.29. The van der Waals surface area contributed by atoms with Gasteiger partial charge in [0.25, 0.3) is 0 Å². The molecular weight excluding hydrogens is 420 g/mol. The summed E-state index contributed by atoms with van der Waals surface area (Å²) in [6.07, 6.45) is 0.0638. The summed E-state index contributed by atoms with van der Waals surface area (Å²) in [6.45, 7) is 4.24. The van der Waals surface area contributed by atoms with Gasteiger partial charge in [-0.2, -0.15) is 0 Å². The van der Waals surface area contributed by atoms with Crippen LogP contribution >= 0.6 is 0 Å². The van der Waals surface area contributed by atoms with Crippen LogP contribution in [0, 0.1) is 5.92 Å². The monoisotopic (exact) mass is 452 g/mol. The fourth-order valence-corrected chi connectivity index (χ4v) is 4.11. The molecule has 3 amide bonds. The summed E-state index contributed by atoms with van der Waals surface area (Å²) in [6, 6.07) is 14.6. The molecule has 6 N–H and O–H groups in total. The molecule has 0 unspecified atom stereocenters. The van der Waals surface area contributed by atoms with E-state index in [4.69, 9.17) is 16.2 Å². The minimum atomic E-state index is -0.882. The van der Waals surface area contributed by atoms with E-state index in [0.29, 0.717) is 6.42 Å². The smallest absolute Gasteiger partial charge is 0.407 e. The Bertz CT molecular complexity index is 962. The summed E-state index contributed by atoms with van der Waals surface area (Å²) in [5.74, 6) is -0.910. The number of benzene rings is 2. The highest BCUT2D eigenvalue weighted by atomic mass is 16.5. The highest BCUT2D eigenvalue weighted by molar-refractivity contribution is 5.88. The number of rotatable bonds is 10. The predicted octanol–water partition coefficient (Wildman–Crippen LogP) is 2.26. The van der Waals surface area contributed by atoms with Crippen molar-refractivity contribution in [3.8, 4) is 11.1 Å². The Kier molecular flexibility index (Phi) is 8.06. The van der Waals surface area contributed by atoms with Crippen LogP contribution in [0.5, 0.6) is 0 Å². The zero-order valence-electron chi connectivity index (χ0n) is 19.0. The second-order valence-electron chi connectivity index (χ2n) is 8.74. The minimum absolute atomic E-state index is 0.0251. The van der Waals surface area contributed by atoms with Gasteiger partial charge < -0.3 is 26.8 Å². The van der Waals surface area contributed by atoms with Gasteiger partial charge in [0.05, 0.1) is 6.04 Å². The normalized spacial score (nSPS) is 14.2. The van der Waals surface area contributed by atoms with Crippen molar-refractivity contribution in [3.63, 3.8) is 0 Å². The molecule has 0 aliphatic heterocycles. The van der Waals surface area contributed by atoms with Gasteiger partial charge in [-0.3, -0.25) is 9.59 Å². The van der Waals surface area contributed by atoms with Gasteiger partial charge in [0.1, 0.15) is 12.6 Å². The van der Waals surface area contributed by atoms with Crippen LogP contribution in [0.4, 0.5) is 4.79 Å². The zero-order valence-corrected chi connectivity index (χ0v) is 19.0. The summed E-state index contributed by atoms with van der Waals surface area (Å²) >= 11 is 0. The fourth-order valence-electron chi connectivity index (χ4n) is 4.11. The van der Waals surface area contributed by atoms with Gasteiger partial charge >= 0.3 is 6.09 Å². The summed E-state index contributed by atoms with van der Waals surface area (Å²) < 4.78 is 5.47. The molecule has 3 rings (SSSR count). The lowest BCUT2D eigenvalue weighted by Crippen LogP contribution is -2.51. The van der Waals surface area contributed by atoms with E-state index in [-0.39, 0.29) is 31.4 Å². The summed E-state index contributed by atoms with van der Waals surface area (Å²) in [5.41, 5.74) is 15.8. The van der Waals surface area contributed by atoms with E-state index in [2.05, 4.69) is 34.9 Å². The summed E-state index contributed by atoms with van der Waals surface area (Å²) in [7, 11) is 0. The summed E-state index contributed by atoms with van der Waals surface area (Å²) in [5, 5.41) is 5.22. The lowest BCUT2D eigenvalue weighted by Gasteiger charge is -2.20. The van der Waals surface area contributed by atoms with Gasteiger partial charge in [0, 0.05) is 12.5 Å². The number of hydrogen-bond donors (Lipinski definition) is 4. The molecule has 0 radical (unpaired) electrons. The van der Waals surface area contributed by atoms with Gasteiger partial charge in [-0.15, -0.1) is 0 Å². The molecule has 8 nitrogen and oxygen atoms in total. The van der Waals surface area contributed by atoms with Gasteiger partial charge in [-0.05, 0) is 41.0 Å². The van der Waals surface area contributed by atoms with Crippen LogP contribution < -0.4 is 22.1 Å². The van der Waals surface area contributed by atoms with Crippen LogP contribution in [0.15, 0.2) is 48.5 Å². The van der Waals surface area contributed by atoms with Crippen molar-refractivity contribution in [1.82, 2.24) is 10.6 Å². The molecule has 176 valence electrons. The average molecular weight is 453 g/mol. The van der Waals surface area contributed by atoms with Crippen molar-refractivity contribution >= 4 is 17.9 Å². The molecule has 2 aromatic carbocycles. The van der Waals surface area contributed by atoms with Gasteiger partial charge in [0.2, 0.25) is 11.8 Å². The largest absolute Gasteiger partial charge is 0.449 e. The second-order valence-corrected chi connectivity index (χ2v) is 8.74. The lowest BCUT2D eigenvalue weighted by molar-refractivity contribution is -0.128. The van der Waals surface area contributed by atoms with Crippen molar-refractivity contribution in [1.29, 1.82) is 0 Å². The third kappa shape index (κ3) is 6.10. The first-order chi connectivity index (χ1) is 15.8. The van der Waals surface area contributed by atoms with E-state index in [1.54, 1.807) is 0 Å². The first-order valence-corrected chi connectivity index (χ1v) is 11.2. The number of carbonyl (C=O) groups excluding carboxylic acids is 3. The Morgan fingerprint density at radius 3 is 2.12 bits per heavy atom. The van der Waals surface area contributed by atoms with E-state index >= 15 is 0 Å². The number of carbonyl (C=O) groups is 3. The van der Waals surface area contributed by atoms with Crippen molar-refractivity contribution < 1.29 is 19.1 Å². The number of hydrogen-bond acceptors (Lipinski definition) is 5. The maximum atomic E-state index is 12.3. The second kappa shape index (κ2) is 11.0. The van der Waals surface area contributed by atoms with Gasteiger partial charge in [-0.1, -0.05) is 62.4 Å². The maximum Gasteiger partial charge on any atom is 0.407 e. The quantitative estimate of drug-likeness (QED) is 0.438. The van der Waals surface area contributed by atoms with Crippen LogP contribution in [0.1, 0.15) is 43.7 Å². The predicted molar refractivity (Wildman–Crippen MR) is 126 cm³/mol. The Balaban J connectivity index is 1.46. The molecule has 8 heteroatoms. The lowest BCUT2D eigenvalue weighted by atomic mass is 9.98. The van der Waals surface area contributed by atoms with Crippen LogP contribution in [-0.2, 0) is 14.3 Å². The number of fused-ring (bicyclic) bond motifs is 3. The first-order valence-electron chi connectivity index (χ1n) is 11.2. The molecule has 0 spiro atoms. The number of primary amides is 1. The van der Waals surface area contributed by atoms with Crippen LogP contribution in [0.3, 0.4) is 0 Å². The third-order valence-corrected chi connectivity index (χ3v) is 5.77. The number of amides is 3. The molecule has 33 heavy (non-hydrogen) atoms. The van der Waals surface area contributed by atoms with E-state index in [9.17, 15) is 14.4 Å². The van der Waals surface area contributed by atoms with Crippen LogP contribution in [-0.4, -0.2) is 43.1 Å². The van der Waals surface area contributed by atoms with Crippen molar-refractivity contribution in [2.75, 3.05) is 13.2 Å². The topological polar surface area (TPSA) is 137 Å². The highest BCUT2D eigenvalue weighted by Crippen LogP contribution is 2.44. The van der Waals surface area contributed by atoms with E-state index < -0.39 is 30.0 Å². The molecule has 1 aliphatic rings. The maximum absolute atomic E-state index is 12.3. The molecule has 0 saturated heterocycles. The van der Waals surface area contributed by atoms with Crippen LogP contribution in [0.25, 0.3) is 11.1 Å². The van der Waals surface area contributed by atoms with Gasteiger partial charge in [-0.25, -0.2) is 4.79 Å². The molecule has 0 fully saturated rings. The molecule has 0 heterocycles. The number of nitrogens with two attached hydrogens (primary N) is 2. The number of ether oxygens (including phenoxy) is 1. The molecule has 0 saturated carbocycles. The van der Waals surface area contributed by atoms with E-state index in [1.165, 1.54) is 0 Å². The third-order valence-electron chi connectivity index (χ3n) is 5.77. The molecule has 0 aromatic heterocycles. The van der Waals surface area contributed by atoms with E-state index in [1.807, 2.05) is 38.1 Å².